The first-order valence-electron chi connectivity index (χ1n) is 10.0. The molecule has 4 rings (SSSR count). The highest BCUT2D eigenvalue weighted by Crippen LogP contribution is 2.38. The molecule has 6 nitrogen and oxygen atoms in total. The van der Waals surface area contributed by atoms with Crippen LogP contribution in [0.5, 0.6) is 0 Å². The van der Waals surface area contributed by atoms with Crippen molar-refractivity contribution in [2.75, 3.05) is 11.9 Å². The minimum Gasteiger partial charge on any atom is -0.478 e. The van der Waals surface area contributed by atoms with Gasteiger partial charge in [-0.3, -0.25) is 9.59 Å². The number of carboxylic acids is 1. The van der Waals surface area contributed by atoms with Crippen molar-refractivity contribution < 1.29 is 19.5 Å². The summed E-state index contributed by atoms with van der Waals surface area (Å²) in [7, 11) is 0. The molecule has 160 valence electrons. The van der Waals surface area contributed by atoms with Crippen molar-refractivity contribution in [3.8, 4) is 0 Å². The maximum atomic E-state index is 12.9. The summed E-state index contributed by atoms with van der Waals surface area (Å²) < 4.78 is 0. The standard InChI is InChI=1S/C23H22N2O4S2/c1-3-14-4-6-15(7-5-14)20(26)24-21-18(23(28)29)16-8-10-25(12-17(16)31-21)22(27)19-13(2)9-11-30-19/h4-7,9,11H,3,8,10,12H2,1-2H3,(H,24,26)(H,28,29). The molecule has 1 aromatic carbocycles. The molecule has 0 atom stereocenters. The Balaban J connectivity index is 1.59. The Morgan fingerprint density at radius 1 is 1.16 bits per heavy atom. The molecule has 0 bridgehead atoms. The highest BCUT2D eigenvalue weighted by molar-refractivity contribution is 7.17. The van der Waals surface area contributed by atoms with E-state index in [2.05, 4.69) is 5.32 Å². The van der Waals surface area contributed by atoms with Crippen LogP contribution < -0.4 is 5.32 Å². The number of rotatable bonds is 5. The van der Waals surface area contributed by atoms with Crippen molar-refractivity contribution in [2.45, 2.75) is 33.2 Å². The van der Waals surface area contributed by atoms with E-state index in [1.807, 2.05) is 37.4 Å². The maximum Gasteiger partial charge on any atom is 0.339 e. The summed E-state index contributed by atoms with van der Waals surface area (Å²) in [6.07, 6.45) is 1.33. The van der Waals surface area contributed by atoms with E-state index in [1.165, 1.54) is 22.7 Å². The minimum absolute atomic E-state index is 0.0370. The fourth-order valence-electron chi connectivity index (χ4n) is 3.69. The van der Waals surface area contributed by atoms with Gasteiger partial charge in [0, 0.05) is 17.0 Å². The first kappa shape index (κ1) is 21.3. The Bertz CT molecular complexity index is 1160. The van der Waals surface area contributed by atoms with Crippen LogP contribution in [0.25, 0.3) is 0 Å². The van der Waals surface area contributed by atoms with Gasteiger partial charge in [-0.2, -0.15) is 0 Å². The number of nitrogens with zero attached hydrogens (tertiary/aromatic N) is 1. The highest BCUT2D eigenvalue weighted by atomic mass is 32.1. The van der Waals surface area contributed by atoms with Gasteiger partial charge in [0.1, 0.15) is 5.00 Å². The number of hydrogen-bond acceptors (Lipinski definition) is 5. The fourth-order valence-corrected chi connectivity index (χ4v) is 5.84. The summed E-state index contributed by atoms with van der Waals surface area (Å²) in [5.41, 5.74) is 3.39. The van der Waals surface area contributed by atoms with Crippen LogP contribution in [-0.4, -0.2) is 34.3 Å². The first-order chi connectivity index (χ1) is 14.9. The lowest BCUT2D eigenvalue weighted by molar-refractivity contribution is 0.0696. The van der Waals surface area contributed by atoms with Crippen LogP contribution in [0.15, 0.2) is 35.7 Å². The van der Waals surface area contributed by atoms with E-state index < -0.39 is 5.97 Å². The lowest BCUT2D eigenvalue weighted by Gasteiger charge is -2.27. The van der Waals surface area contributed by atoms with E-state index in [9.17, 15) is 19.5 Å². The van der Waals surface area contributed by atoms with Crippen molar-refractivity contribution in [3.63, 3.8) is 0 Å². The predicted octanol–water partition coefficient (Wildman–Crippen LogP) is 4.83. The minimum atomic E-state index is -1.07. The van der Waals surface area contributed by atoms with Crippen molar-refractivity contribution in [2.24, 2.45) is 0 Å². The van der Waals surface area contributed by atoms with Gasteiger partial charge >= 0.3 is 5.97 Å². The van der Waals surface area contributed by atoms with Crippen LogP contribution in [0.2, 0.25) is 0 Å². The van der Waals surface area contributed by atoms with E-state index in [0.29, 0.717) is 40.5 Å². The smallest absolute Gasteiger partial charge is 0.339 e. The van der Waals surface area contributed by atoms with E-state index in [0.717, 1.165) is 22.4 Å². The third-order valence-corrected chi connectivity index (χ3v) is 7.60. The molecule has 0 aliphatic carbocycles. The summed E-state index contributed by atoms with van der Waals surface area (Å²) in [5, 5.41) is 14.8. The third-order valence-electron chi connectivity index (χ3n) is 5.47. The van der Waals surface area contributed by atoms with Crippen LogP contribution in [0.3, 0.4) is 0 Å². The number of amides is 2. The van der Waals surface area contributed by atoms with Gasteiger partial charge in [-0.05, 0) is 60.0 Å². The topological polar surface area (TPSA) is 86.7 Å². The SMILES string of the molecule is CCc1ccc(C(=O)Nc2sc3c(c2C(=O)O)CCN(C(=O)c2sccc2C)C3)cc1. The first-order valence-corrected chi connectivity index (χ1v) is 11.7. The number of nitrogens with one attached hydrogen (secondary N) is 1. The molecule has 3 aromatic rings. The highest BCUT2D eigenvalue weighted by Gasteiger charge is 2.31. The molecule has 2 aromatic heterocycles. The van der Waals surface area contributed by atoms with Crippen LogP contribution in [-0.2, 0) is 19.4 Å². The molecule has 0 saturated carbocycles. The molecule has 0 spiro atoms. The zero-order chi connectivity index (χ0) is 22.1. The third kappa shape index (κ3) is 4.13. The second-order valence-corrected chi connectivity index (χ2v) is 9.45. The van der Waals surface area contributed by atoms with Gasteiger partial charge < -0.3 is 15.3 Å². The second-order valence-electron chi connectivity index (χ2n) is 7.43. The second kappa shape index (κ2) is 8.64. The normalized spacial score (nSPS) is 13.0. The maximum absolute atomic E-state index is 12.9. The lowest BCUT2D eigenvalue weighted by atomic mass is 10.0. The van der Waals surface area contributed by atoms with Crippen LogP contribution in [0, 0.1) is 6.92 Å². The number of thiophene rings is 2. The Morgan fingerprint density at radius 3 is 2.52 bits per heavy atom. The number of benzene rings is 1. The number of carboxylic acid groups (broad SMARTS) is 1. The number of carbonyl (C=O) groups excluding carboxylic acids is 2. The fraction of sp³-hybridized carbons (Fsp3) is 0.261. The number of carbonyl (C=O) groups is 3. The molecule has 2 N–H and O–H groups in total. The van der Waals surface area contributed by atoms with Gasteiger partial charge in [0.25, 0.3) is 11.8 Å². The van der Waals surface area contributed by atoms with Crippen molar-refractivity contribution >= 4 is 45.5 Å². The Labute approximate surface area is 188 Å². The van der Waals surface area contributed by atoms with Gasteiger partial charge in [0.15, 0.2) is 0 Å². The Morgan fingerprint density at radius 2 is 1.90 bits per heavy atom. The molecule has 8 heteroatoms. The van der Waals surface area contributed by atoms with E-state index in [4.69, 9.17) is 0 Å². The van der Waals surface area contributed by atoms with Crippen LogP contribution in [0.1, 0.15) is 58.9 Å². The van der Waals surface area contributed by atoms with Crippen molar-refractivity contribution in [1.29, 1.82) is 0 Å². The Kier molecular flexibility index (Phi) is 5.93. The predicted molar refractivity (Wildman–Crippen MR) is 123 cm³/mol. The summed E-state index contributed by atoms with van der Waals surface area (Å²) in [5.74, 6) is -1.45. The van der Waals surface area contributed by atoms with Gasteiger partial charge in [0.05, 0.1) is 17.0 Å². The van der Waals surface area contributed by atoms with E-state index in [1.54, 1.807) is 17.0 Å². The van der Waals surface area contributed by atoms with Crippen molar-refractivity contribution in [3.05, 3.63) is 73.3 Å². The number of hydrogen-bond donors (Lipinski definition) is 2. The average molecular weight is 455 g/mol. The summed E-state index contributed by atoms with van der Waals surface area (Å²) in [4.78, 5) is 40.8. The number of anilines is 1. The quantitative estimate of drug-likeness (QED) is 0.578. The molecular formula is C23H22N2O4S2. The van der Waals surface area contributed by atoms with Gasteiger partial charge in [0.2, 0.25) is 0 Å². The molecule has 1 aliphatic rings. The van der Waals surface area contributed by atoms with Gasteiger partial charge in [-0.25, -0.2) is 4.79 Å². The van der Waals surface area contributed by atoms with E-state index >= 15 is 0 Å². The summed E-state index contributed by atoms with van der Waals surface area (Å²) >= 11 is 2.66. The molecular weight excluding hydrogens is 432 g/mol. The van der Waals surface area contributed by atoms with Gasteiger partial charge in [-0.1, -0.05) is 19.1 Å². The molecule has 0 radical (unpaired) electrons. The van der Waals surface area contributed by atoms with Gasteiger partial charge in [-0.15, -0.1) is 22.7 Å². The number of fused-ring (bicyclic) bond motifs is 1. The average Bonchev–Trinajstić information content (AvgIpc) is 3.35. The largest absolute Gasteiger partial charge is 0.478 e. The zero-order valence-electron chi connectivity index (χ0n) is 17.2. The molecule has 2 amide bonds. The summed E-state index contributed by atoms with van der Waals surface area (Å²) in [6.45, 7) is 4.75. The molecule has 1 aliphatic heterocycles. The summed E-state index contributed by atoms with van der Waals surface area (Å²) in [6, 6.07) is 9.18. The molecule has 0 saturated heterocycles. The monoisotopic (exact) mass is 454 g/mol. The molecule has 0 unspecified atom stereocenters. The van der Waals surface area contributed by atoms with Crippen molar-refractivity contribution in [1.82, 2.24) is 4.90 Å². The van der Waals surface area contributed by atoms with Crippen LogP contribution >= 0.6 is 22.7 Å². The van der Waals surface area contributed by atoms with E-state index in [-0.39, 0.29) is 17.4 Å². The number of aromatic carboxylic acids is 1. The molecule has 3 heterocycles. The molecule has 0 fully saturated rings. The Hall–Kier alpha value is -2.97. The number of aryl methyl sites for hydroxylation is 2. The zero-order valence-corrected chi connectivity index (χ0v) is 18.9. The lowest BCUT2D eigenvalue weighted by Crippen LogP contribution is -2.35. The molecule has 31 heavy (non-hydrogen) atoms. The van der Waals surface area contributed by atoms with Crippen LogP contribution in [0.4, 0.5) is 5.00 Å².